The zero-order valence-electron chi connectivity index (χ0n) is 16.9. The summed E-state index contributed by atoms with van der Waals surface area (Å²) in [6.45, 7) is 3.83. The summed E-state index contributed by atoms with van der Waals surface area (Å²) in [5.41, 5.74) is 2.42. The number of halogens is 1. The molecule has 0 spiro atoms. The summed E-state index contributed by atoms with van der Waals surface area (Å²) in [4.78, 5) is 27.4. The second kappa shape index (κ2) is 8.69. The number of nitrogens with zero attached hydrogens (tertiary/aromatic N) is 5. The summed E-state index contributed by atoms with van der Waals surface area (Å²) in [5, 5.41) is 20.5. The van der Waals surface area contributed by atoms with Gasteiger partial charge in [0.1, 0.15) is 0 Å². The van der Waals surface area contributed by atoms with E-state index in [0.29, 0.717) is 42.3 Å². The van der Waals surface area contributed by atoms with E-state index < -0.39 is 4.92 Å². The van der Waals surface area contributed by atoms with Crippen molar-refractivity contribution < 1.29 is 9.72 Å². The molecule has 2 heterocycles. The van der Waals surface area contributed by atoms with Crippen molar-refractivity contribution >= 4 is 29.0 Å². The smallest absolute Gasteiger partial charge is 0.273 e. The zero-order valence-corrected chi connectivity index (χ0v) is 17.6. The normalized spacial score (nSPS) is 13.9. The third-order valence-electron chi connectivity index (χ3n) is 5.41. The first kappa shape index (κ1) is 20.7. The number of carbonyl (C=O) groups is 1. The average Bonchev–Trinajstić information content (AvgIpc) is 2.79. The lowest BCUT2D eigenvalue weighted by molar-refractivity contribution is -0.385. The molecule has 8 nitrogen and oxygen atoms in total. The van der Waals surface area contributed by atoms with E-state index in [-0.39, 0.29) is 11.6 Å². The Bertz CT molecular complexity index is 1110. The van der Waals surface area contributed by atoms with Crippen molar-refractivity contribution in [2.24, 2.45) is 0 Å². The highest BCUT2D eigenvalue weighted by Gasteiger charge is 2.26. The van der Waals surface area contributed by atoms with Crippen LogP contribution in [0, 0.1) is 17.0 Å². The van der Waals surface area contributed by atoms with E-state index in [1.54, 1.807) is 24.0 Å². The second-order valence-electron chi connectivity index (χ2n) is 7.27. The number of piperazine rings is 1. The van der Waals surface area contributed by atoms with E-state index in [1.165, 1.54) is 6.07 Å². The van der Waals surface area contributed by atoms with Crippen molar-refractivity contribution in [2.75, 3.05) is 31.1 Å². The molecular weight excluding hydrogens is 418 g/mol. The average molecular weight is 438 g/mol. The summed E-state index contributed by atoms with van der Waals surface area (Å²) in [6, 6.07) is 15.8. The topological polar surface area (TPSA) is 92.5 Å². The van der Waals surface area contributed by atoms with Gasteiger partial charge in [-0.25, -0.2) is 0 Å². The summed E-state index contributed by atoms with van der Waals surface area (Å²) in [5.74, 6) is 0.557. The van der Waals surface area contributed by atoms with Gasteiger partial charge in [0.25, 0.3) is 11.6 Å². The first-order valence-corrected chi connectivity index (χ1v) is 10.2. The fourth-order valence-corrected chi connectivity index (χ4v) is 3.76. The minimum Gasteiger partial charge on any atom is -0.352 e. The molecule has 0 atom stereocenters. The maximum atomic E-state index is 12.9. The van der Waals surface area contributed by atoms with Gasteiger partial charge in [-0.3, -0.25) is 14.9 Å². The highest BCUT2D eigenvalue weighted by atomic mass is 35.5. The molecule has 1 aliphatic heterocycles. The highest BCUT2D eigenvalue weighted by Crippen LogP contribution is 2.24. The minimum absolute atomic E-state index is 0.0412. The molecule has 1 amide bonds. The number of amides is 1. The molecule has 0 unspecified atom stereocenters. The van der Waals surface area contributed by atoms with E-state index in [4.69, 9.17) is 11.6 Å². The molecule has 0 radical (unpaired) electrons. The summed E-state index contributed by atoms with van der Waals surface area (Å²) in [6.07, 6.45) is 0. The van der Waals surface area contributed by atoms with Crippen molar-refractivity contribution in [2.45, 2.75) is 6.92 Å². The first-order valence-electron chi connectivity index (χ1n) is 9.82. The van der Waals surface area contributed by atoms with Crippen LogP contribution in [-0.2, 0) is 0 Å². The summed E-state index contributed by atoms with van der Waals surface area (Å²) in [7, 11) is 0. The lowest BCUT2D eigenvalue weighted by Gasteiger charge is -2.35. The molecule has 31 heavy (non-hydrogen) atoms. The highest BCUT2D eigenvalue weighted by molar-refractivity contribution is 6.30. The number of hydrogen-bond donors (Lipinski definition) is 0. The van der Waals surface area contributed by atoms with Crippen LogP contribution in [0.5, 0.6) is 0 Å². The molecule has 1 aromatic heterocycles. The predicted molar refractivity (Wildman–Crippen MR) is 118 cm³/mol. The van der Waals surface area contributed by atoms with E-state index in [0.717, 1.165) is 17.1 Å². The Kier molecular flexibility index (Phi) is 5.81. The zero-order chi connectivity index (χ0) is 22.0. The van der Waals surface area contributed by atoms with E-state index >= 15 is 0 Å². The standard InChI is InChI=1S/C22H20ClN5O3/c1-15-18(3-2-4-20(15)28(30)31)22(29)27-13-11-26(12-14-27)21-10-9-19(24-25-21)16-5-7-17(23)8-6-16/h2-10H,11-14H2,1H3. The van der Waals surface area contributed by atoms with Gasteiger partial charge >= 0.3 is 0 Å². The van der Waals surface area contributed by atoms with E-state index in [9.17, 15) is 14.9 Å². The molecule has 0 aliphatic carbocycles. The quantitative estimate of drug-likeness (QED) is 0.453. The van der Waals surface area contributed by atoms with Gasteiger partial charge in [0, 0.05) is 54.0 Å². The van der Waals surface area contributed by atoms with Gasteiger partial charge in [-0.05, 0) is 37.3 Å². The fraction of sp³-hybridized carbons (Fsp3) is 0.227. The van der Waals surface area contributed by atoms with Gasteiger partial charge < -0.3 is 9.80 Å². The van der Waals surface area contributed by atoms with Gasteiger partial charge in [-0.2, -0.15) is 0 Å². The van der Waals surface area contributed by atoms with Crippen molar-refractivity contribution in [3.8, 4) is 11.3 Å². The molecule has 2 aromatic carbocycles. The van der Waals surface area contributed by atoms with Crippen LogP contribution in [0.15, 0.2) is 54.6 Å². The first-order chi connectivity index (χ1) is 14.9. The van der Waals surface area contributed by atoms with Crippen LogP contribution in [-0.4, -0.2) is 52.1 Å². The van der Waals surface area contributed by atoms with Crippen LogP contribution in [0.3, 0.4) is 0 Å². The van der Waals surface area contributed by atoms with Gasteiger partial charge in [-0.1, -0.05) is 29.8 Å². The third kappa shape index (κ3) is 4.34. The van der Waals surface area contributed by atoms with Crippen LogP contribution >= 0.6 is 11.6 Å². The molecule has 3 aromatic rings. The Morgan fingerprint density at radius 2 is 1.71 bits per heavy atom. The van der Waals surface area contributed by atoms with E-state index in [2.05, 4.69) is 15.1 Å². The number of benzene rings is 2. The van der Waals surface area contributed by atoms with Crippen LogP contribution in [0.2, 0.25) is 5.02 Å². The lowest BCUT2D eigenvalue weighted by atomic mass is 10.1. The molecule has 1 fully saturated rings. The number of hydrogen-bond acceptors (Lipinski definition) is 6. The van der Waals surface area contributed by atoms with Crippen LogP contribution < -0.4 is 4.90 Å². The van der Waals surface area contributed by atoms with Gasteiger partial charge in [0.05, 0.1) is 10.6 Å². The Morgan fingerprint density at radius 3 is 2.32 bits per heavy atom. The van der Waals surface area contributed by atoms with Crippen LogP contribution in [0.1, 0.15) is 15.9 Å². The SMILES string of the molecule is Cc1c(C(=O)N2CCN(c3ccc(-c4ccc(Cl)cc4)nn3)CC2)cccc1[N+](=O)[O-]. The largest absolute Gasteiger partial charge is 0.352 e. The van der Waals surface area contributed by atoms with Crippen LogP contribution in [0.25, 0.3) is 11.3 Å². The number of carbonyl (C=O) groups excluding carboxylic acids is 1. The number of aromatic nitrogens is 2. The molecular formula is C22H20ClN5O3. The number of anilines is 1. The Balaban J connectivity index is 1.42. The molecule has 158 valence electrons. The Morgan fingerprint density at radius 1 is 1.00 bits per heavy atom. The lowest BCUT2D eigenvalue weighted by Crippen LogP contribution is -2.49. The molecule has 0 N–H and O–H groups in total. The van der Waals surface area contributed by atoms with Crippen LogP contribution in [0.4, 0.5) is 11.5 Å². The molecule has 0 saturated carbocycles. The van der Waals surface area contributed by atoms with Crippen molar-refractivity contribution in [3.63, 3.8) is 0 Å². The second-order valence-corrected chi connectivity index (χ2v) is 7.71. The summed E-state index contributed by atoms with van der Waals surface area (Å²) >= 11 is 5.93. The Hall–Kier alpha value is -3.52. The number of nitro benzene ring substituents is 1. The van der Waals surface area contributed by atoms with Gasteiger partial charge in [0.2, 0.25) is 0 Å². The molecule has 1 aliphatic rings. The van der Waals surface area contributed by atoms with Crippen molar-refractivity contribution in [1.29, 1.82) is 0 Å². The minimum atomic E-state index is -0.462. The monoisotopic (exact) mass is 437 g/mol. The Labute approximate surface area is 184 Å². The van der Waals surface area contributed by atoms with Crippen molar-refractivity contribution in [1.82, 2.24) is 15.1 Å². The van der Waals surface area contributed by atoms with Gasteiger partial charge in [0.15, 0.2) is 5.82 Å². The maximum absolute atomic E-state index is 12.9. The molecule has 0 bridgehead atoms. The predicted octanol–water partition coefficient (Wildman–Crippen LogP) is 3.98. The molecule has 1 saturated heterocycles. The number of rotatable bonds is 4. The third-order valence-corrected chi connectivity index (χ3v) is 5.67. The molecule has 4 rings (SSSR count). The summed E-state index contributed by atoms with van der Waals surface area (Å²) < 4.78 is 0. The molecule has 9 heteroatoms. The van der Waals surface area contributed by atoms with Gasteiger partial charge in [-0.15, -0.1) is 10.2 Å². The maximum Gasteiger partial charge on any atom is 0.273 e. The van der Waals surface area contributed by atoms with E-state index in [1.807, 2.05) is 36.4 Å². The number of nitro groups is 1. The fourth-order valence-electron chi connectivity index (χ4n) is 3.63. The van der Waals surface area contributed by atoms with Crippen molar-refractivity contribution in [3.05, 3.63) is 80.9 Å².